The molecule has 1 aliphatic carbocycles. The lowest BCUT2D eigenvalue weighted by atomic mass is 10.1. The second kappa shape index (κ2) is 6.05. The van der Waals surface area contributed by atoms with Crippen molar-refractivity contribution in [2.75, 3.05) is 11.5 Å². The number of aromatic nitrogens is 5. The molecule has 4 rings (SSSR count). The third-order valence-corrected chi connectivity index (χ3v) is 6.86. The summed E-state index contributed by atoms with van der Waals surface area (Å²) >= 11 is 0. The molecule has 25 heavy (non-hydrogen) atoms. The summed E-state index contributed by atoms with van der Waals surface area (Å²) in [6.07, 6.45) is 5.00. The molecule has 1 saturated heterocycles. The van der Waals surface area contributed by atoms with E-state index in [-0.39, 0.29) is 23.1 Å². The molecule has 3 heterocycles. The van der Waals surface area contributed by atoms with E-state index in [1.165, 1.54) is 23.6 Å². The van der Waals surface area contributed by atoms with E-state index in [1.807, 2.05) is 0 Å². The zero-order valence-corrected chi connectivity index (χ0v) is 14.9. The second-order valence-electron chi connectivity index (χ2n) is 6.96. The maximum atomic E-state index is 11.9. The zero-order chi connectivity index (χ0) is 17.6. The normalized spacial score (nSPS) is 23.3. The highest BCUT2D eigenvalue weighted by Crippen LogP contribution is 2.35. The fraction of sp³-hybridized carbons (Fsp3) is 0.625. The summed E-state index contributed by atoms with van der Waals surface area (Å²) < 4.78 is 26.8. The van der Waals surface area contributed by atoms with Gasteiger partial charge in [-0.05, 0) is 25.3 Å². The van der Waals surface area contributed by atoms with Gasteiger partial charge in [-0.15, -0.1) is 0 Å². The van der Waals surface area contributed by atoms with Gasteiger partial charge in [0.1, 0.15) is 5.69 Å². The largest absolute Gasteiger partial charge is 0.268 e. The van der Waals surface area contributed by atoms with Gasteiger partial charge in [0.15, 0.2) is 21.5 Å². The van der Waals surface area contributed by atoms with Crippen LogP contribution in [0, 0.1) is 0 Å². The molecule has 2 aromatic heterocycles. The number of hydrogen-bond donors (Lipinski definition) is 0. The first-order valence-electron chi connectivity index (χ1n) is 8.64. The van der Waals surface area contributed by atoms with Gasteiger partial charge in [0.05, 0.1) is 17.5 Å². The molecule has 0 spiro atoms. The number of hydrogen-bond acceptors (Lipinski definition) is 6. The van der Waals surface area contributed by atoms with E-state index in [2.05, 4.69) is 10.2 Å². The van der Waals surface area contributed by atoms with Crippen molar-refractivity contribution in [2.24, 2.45) is 7.05 Å². The van der Waals surface area contributed by atoms with Crippen LogP contribution < -0.4 is 5.56 Å². The van der Waals surface area contributed by atoms with Crippen LogP contribution in [0.5, 0.6) is 0 Å². The Morgan fingerprint density at radius 2 is 1.88 bits per heavy atom. The third kappa shape index (κ3) is 3.12. The maximum absolute atomic E-state index is 11.9. The van der Waals surface area contributed by atoms with Gasteiger partial charge in [-0.3, -0.25) is 4.79 Å². The van der Waals surface area contributed by atoms with E-state index in [9.17, 15) is 13.2 Å². The van der Waals surface area contributed by atoms with Crippen LogP contribution >= 0.6 is 0 Å². The molecule has 2 fully saturated rings. The molecule has 0 aromatic carbocycles. The van der Waals surface area contributed by atoms with Crippen molar-refractivity contribution >= 4 is 9.84 Å². The van der Waals surface area contributed by atoms with Crippen LogP contribution in [-0.2, 0) is 16.9 Å². The predicted molar refractivity (Wildman–Crippen MR) is 92.0 cm³/mol. The van der Waals surface area contributed by atoms with E-state index in [0.717, 1.165) is 18.7 Å². The molecule has 0 bridgehead atoms. The molecule has 1 unspecified atom stereocenters. The molecule has 8 nitrogen and oxygen atoms in total. The van der Waals surface area contributed by atoms with Gasteiger partial charge in [-0.2, -0.15) is 10.2 Å². The Morgan fingerprint density at radius 3 is 2.52 bits per heavy atom. The number of nitrogens with zero attached hydrogens (tertiary/aromatic N) is 5. The highest BCUT2D eigenvalue weighted by Gasteiger charge is 2.33. The lowest BCUT2D eigenvalue weighted by Crippen LogP contribution is -2.20. The minimum absolute atomic E-state index is 0.0826. The Morgan fingerprint density at radius 1 is 1.12 bits per heavy atom. The zero-order valence-electron chi connectivity index (χ0n) is 14.1. The van der Waals surface area contributed by atoms with Crippen molar-refractivity contribution in [1.82, 2.24) is 24.5 Å². The van der Waals surface area contributed by atoms with Crippen LogP contribution in [0.3, 0.4) is 0 Å². The van der Waals surface area contributed by atoms with Gasteiger partial charge in [-0.1, -0.05) is 12.8 Å². The molecule has 1 atom stereocenters. The van der Waals surface area contributed by atoms with Gasteiger partial charge in [0.2, 0.25) is 0 Å². The molecule has 9 heteroatoms. The molecule has 0 amide bonds. The lowest BCUT2D eigenvalue weighted by molar-refractivity contribution is 0.492. The van der Waals surface area contributed by atoms with Gasteiger partial charge in [0, 0.05) is 19.0 Å². The van der Waals surface area contributed by atoms with Crippen molar-refractivity contribution in [2.45, 2.75) is 44.1 Å². The molecule has 0 radical (unpaired) electrons. The van der Waals surface area contributed by atoms with Gasteiger partial charge in [0.25, 0.3) is 5.56 Å². The predicted octanol–water partition coefficient (Wildman–Crippen LogP) is 1.06. The summed E-state index contributed by atoms with van der Waals surface area (Å²) in [6, 6.07) is 2.86. The van der Waals surface area contributed by atoms with E-state index in [0.29, 0.717) is 23.9 Å². The summed E-state index contributed by atoms with van der Waals surface area (Å²) in [4.78, 5) is 16.3. The Hall–Kier alpha value is -2.03. The summed E-state index contributed by atoms with van der Waals surface area (Å²) in [6.45, 7) is 0. The quantitative estimate of drug-likeness (QED) is 0.808. The van der Waals surface area contributed by atoms with E-state index in [4.69, 9.17) is 4.98 Å². The van der Waals surface area contributed by atoms with E-state index < -0.39 is 9.84 Å². The van der Waals surface area contributed by atoms with Crippen LogP contribution in [0.4, 0.5) is 0 Å². The lowest BCUT2D eigenvalue weighted by Gasteiger charge is -2.11. The minimum Gasteiger partial charge on any atom is -0.268 e. The average molecular weight is 363 g/mol. The van der Waals surface area contributed by atoms with Gasteiger partial charge in [-0.25, -0.2) is 22.8 Å². The van der Waals surface area contributed by atoms with Crippen LogP contribution in [0.2, 0.25) is 0 Å². The molecule has 134 valence electrons. The van der Waals surface area contributed by atoms with Crippen molar-refractivity contribution < 1.29 is 8.42 Å². The average Bonchev–Trinajstić information content (AvgIpc) is 3.28. The van der Waals surface area contributed by atoms with Crippen LogP contribution in [0.25, 0.3) is 11.5 Å². The number of sulfone groups is 1. The molecular formula is C16H21N5O3S. The molecule has 1 aliphatic heterocycles. The summed E-state index contributed by atoms with van der Waals surface area (Å²) in [5, 5.41) is 8.96. The summed E-state index contributed by atoms with van der Waals surface area (Å²) in [5.74, 6) is 1.91. The number of aryl methyl sites for hydroxylation is 1. The van der Waals surface area contributed by atoms with Gasteiger partial charge >= 0.3 is 0 Å². The molecular weight excluding hydrogens is 342 g/mol. The Kier molecular flexibility index (Phi) is 3.98. The van der Waals surface area contributed by atoms with Crippen LogP contribution in [0.1, 0.15) is 49.9 Å². The fourth-order valence-electron chi connectivity index (χ4n) is 3.72. The second-order valence-corrected chi connectivity index (χ2v) is 9.19. The maximum Gasteiger partial charge on any atom is 0.266 e. The summed E-state index contributed by atoms with van der Waals surface area (Å²) in [7, 11) is -1.44. The standard InChI is InChI=1S/C16H21N5O3S/c1-20-14(22)7-6-13(18-20)16-17-15(11-4-2-3-5-11)19-21(16)12-8-9-25(23,24)10-12/h6-7,11-12H,2-5,8-10H2,1H3. The van der Waals surface area contributed by atoms with Crippen LogP contribution in [-0.4, -0.2) is 44.5 Å². The Labute approximate surface area is 145 Å². The SMILES string of the molecule is Cn1nc(-c2nc(C3CCCC3)nn2C2CCS(=O)(=O)C2)ccc1=O. The van der Waals surface area contributed by atoms with E-state index >= 15 is 0 Å². The third-order valence-electron chi connectivity index (χ3n) is 5.11. The van der Waals surface area contributed by atoms with Crippen molar-refractivity contribution in [3.05, 3.63) is 28.3 Å². The Bertz CT molecular complexity index is 956. The van der Waals surface area contributed by atoms with Crippen LogP contribution in [0.15, 0.2) is 16.9 Å². The number of rotatable bonds is 3. The monoisotopic (exact) mass is 363 g/mol. The Balaban J connectivity index is 1.80. The molecule has 2 aromatic rings. The highest BCUT2D eigenvalue weighted by atomic mass is 32.2. The molecule has 1 saturated carbocycles. The first-order valence-corrected chi connectivity index (χ1v) is 10.5. The highest BCUT2D eigenvalue weighted by molar-refractivity contribution is 7.91. The first-order chi connectivity index (χ1) is 11.9. The fourth-order valence-corrected chi connectivity index (χ4v) is 5.41. The van der Waals surface area contributed by atoms with Crippen molar-refractivity contribution in [3.63, 3.8) is 0 Å². The van der Waals surface area contributed by atoms with Crippen molar-refractivity contribution in [1.29, 1.82) is 0 Å². The van der Waals surface area contributed by atoms with E-state index in [1.54, 1.807) is 17.8 Å². The molecule has 0 N–H and O–H groups in total. The first kappa shape index (κ1) is 16.4. The minimum atomic E-state index is -3.03. The van der Waals surface area contributed by atoms with Gasteiger partial charge < -0.3 is 0 Å². The molecule has 2 aliphatic rings. The van der Waals surface area contributed by atoms with Crippen molar-refractivity contribution in [3.8, 4) is 11.5 Å². The topological polar surface area (TPSA) is 99.7 Å². The smallest absolute Gasteiger partial charge is 0.266 e. The summed E-state index contributed by atoms with van der Waals surface area (Å²) in [5.41, 5.74) is 0.345.